The number of hydrogen-bond donors (Lipinski definition) is 2. The lowest BCUT2D eigenvalue weighted by atomic mass is 9.94. The van der Waals surface area contributed by atoms with Gasteiger partial charge >= 0.3 is 6.09 Å². The Balaban J connectivity index is 1.70. The number of amides is 1. The quantitative estimate of drug-likeness (QED) is 0.827. The monoisotopic (exact) mass is 386 g/mol. The van der Waals surface area contributed by atoms with Crippen molar-refractivity contribution in [3.05, 3.63) is 29.3 Å². The molecule has 0 aromatic carbocycles. The van der Waals surface area contributed by atoms with Gasteiger partial charge in [-0.1, -0.05) is 25.9 Å². The van der Waals surface area contributed by atoms with Gasteiger partial charge in [-0.15, -0.1) is 0 Å². The van der Waals surface area contributed by atoms with Gasteiger partial charge in [-0.3, -0.25) is 4.98 Å². The van der Waals surface area contributed by atoms with E-state index >= 15 is 0 Å². The normalized spacial score (nSPS) is 21.1. The maximum absolute atomic E-state index is 11.5. The first-order chi connectivity index (χ1) is 13.3. The van der Waals surface area contributed by atoms with Crippen molar-refractivity contribution in [1.29, 1.82) is 0 Å². The molecule has 0 bridgehead atoms. The topological polar surface area (TPSA) is 113 Å². The highest BCUT2D eigenvalue weighted by Gasteiger charge is 2.38. The molecule has 3 heterocycles. The summed E-state index contributed by atoms with van der Waals surface area (Å²) in [6.45, 7) is 6.42. The number of aliphatic hydroxyl groups excluding tert-OH is 1. The van der Waals surface area contributed by atoms with Gasteiger partial charge in [-0.25, -0.2) is 4.79 Å². The fourth-order valence-electron chi connectivity index (χ4n) is 3.79. The van der Waals surface area contributed by atoms with Crippen molar-refractivity contribution >= 4 is 6.09 Å². The van der Waals surface area contributed by atoms with E-state index in [1.807, 2.05) is 20.8 Å². The van der Waals surface area contributed by atoms with Crippen LogP contribution in [0.4, 0.5) is 4.79 Å². The van der Waals surface area contributed by atoms with Crippen molar-refractivity contribution in [2.45, 2.75) is 69.9 Å². The van der Waals surface area contributed by atoms with Gasteiger partial charge in [0.05, 0.1) is 12.1 Å². The van der Waals surface area contributed by atoms with E-state index in [0.717, 1.165) is 30.4 Å². The highest BCUT2D eigenvalue weighted by Crippen LogP contribution is 2.45. The molecular weight excluding hydrogens is 360 g/mol. The fourth-order valence-corrected chi connectivity index (χ4v) is 3.79. The Kier molecular flexibility index (Phi) is 4.61. The smallest absolute Gasteiger partial charge is 0.407 e. The van der Waals surface area contributed by atoms with E-state index in [-0.39, 0.29) is 5.41 Å². The zero-order valence-electron chi connectivity index (χ0n) is 16.4. The van der Waals surface area contributed by atoms with Crippen LogP contribution >= 0.6 is 0 Å². The summed E-state index contributed by atoms with van der Waals surface area (Å²) in [6.07, 6.45) is 3.41. The molecular formula is C20H26N4O4. The third kappa shape index (κ3) is 3.48. The summed E-state index contributed by atoms with van der Waals surface area (Å²) in [6, 6.07) is 1.36. The van der Waals surface area contributed by atoms with E-state index < -0.39 is 18.2 Å². The number of likely N-dealkylation sites (tertiary alicyclic amines) is 1. The van der Waals surface area contributed by atoms with Crippen molar-refractivity contribution in [3.63, 3.8) is 0 Å². The minimum absolute atomic E-state index is 0.270. The molecule has 0 spiro atoms. The summed E-state index contributed by atoms with van der Waals surface area (Å²) >= 11 is 0. The predicted molar refractivity (Wildman–Crippen MR) is 101 cm³/mol. The maximum atomic E-state index is 11.5. The second kappa shape index (κ2) is 6.84. The van der Waals surface area contributed by atoms with Gasteiger partial charge in [0.15, 0.2) is 0 Å². The second-order valence-corrected chi connectivity index (χ2v) is 8.78. The Morgan fingerprint density at radius 2 is 2.07 bits per heavy atom. The van der Waals surface area contributed by atoms with Gasteiger partial charge in [0.1, 0.15) is 5.69 Å². The molecule has 150 valence electrons. The van der Waals surface area contributed by atoms with E-state index in [4.69, 9.17) is 4.52 Å². The van der Waals surface area contributed by atoms with Gasteiger partial charge in [0, 0.05) is 18.2 Å². The zero-order valence-corrected chi connectivity index (χ0v) is 16.4. The summed E-state index contributed by atoms with van der Waals surface area (Å²) in [5.41, 5.74) is 1.98. The molecule has 8 nitrogen and oxygen atoms in total. The number of aliphatic hydroxyl groups is 1. The number of carboxylic acid groups (broad SMARTS) is 1. The van der Waals surface area contributed by atoms with Gasteiger partial charge in [-0.05, 0) is 48.8 Å². The zero-order chi connectivity index (χ0) is 20.1. The van der Waals surface area contributed by atoms with Crippen molar-refractivity contribution in [2.24, 2.45) is 0 Å². The SMILES string of the molecule is CC(C)(C)c1nc(-c2cc(C(O)[C@@H]3CCCN3C(=O)O)c(C3CC3)cn2)no1. The van der Waals surface area contributed by atoms with Crippen LogP contribution in [-0.2, 0) is 5.41 Å². The van der Waals surface area contributed by atoms with Crippen LogP contribution in [0.25, 0.3) is 11.5 Å². The first kappa shape index (κ1) is 18.9. The number of hydrogen-bond acceptors (Lipinski definition) is 6. The van der Waals surface area contributed by atoms with Crippen molar-refractivity contribution in [1.82, 2.24) is 20.0 Å². The van der Waals surface area contributed by atoms with Gasteiger partial charge < -0.3 is 19.6 Å². The average Bonchev–Trinajstić information content (AvgIpc) is 3.16. The molecule has 2 aromatic rings. The maximum Gasteiger partial charge on any atom is 0.407 e. The molecule has 1 aliphatic carbocycles. The van der Waals surface area contributed by atoms with Gasteiger partial charge in [0.2, 0.25) is 11.7 Å². The van der Waals surface area contributed by atoms with E-state index in [1.54, 1.807) is 12.3 Å². The molecule has 8 heteroatoms. The molecule has 2 aromatic heterocycles. The molecule has 1 saturated heterocycles. The fraction of sp³-hybridized carbons (Fsp3) is 0.600. The highest BCUT2D eigenvalue weighted by atomic mass is 16.5. The Hall–Kier alpha value is -2.48. The van der Waals surface area contributed by atoms with Crippen LogP contribution in [-0.4, -0.2) is 48.9 Å². The molecule has 0 radical (unpaired) electrons. The summed E-state index contributed by atoms with van der Waals surface area (Å²) in [4.78, 5) is 21.8. The van der Waals surface area contributed by atoms with Crippen LogP contribution < -0.4 is 0 Å². The first-order valence-electron chi connectivity index (χ1n) is 9.77. The molecule has 1 aliphatic heterocycles. The lowest BCUT2D eigenvalue weighted by Gasteiger charge is -2.28. The van der Waals surface area contributed by atoms with E-state index in [2.05, 4.69) is 15.1 Å². The van der Waals surface area contributed by atoms with Crippen LogP contribution in [0.2, 0.25) is 0 Å². The molecule has 2 fully saturated rings. The van der Waals surface area contributed by atoms with E-state index in [9.17, 15) is 15.0 Å². The van der Waals surface area contributed by atoms with Crippen LogP contribution in [0.3, 0.4) is 0 Å². The van der Waals surface area contributed by atoms with Gasteiger partial charge in [0.25, 0.3) is 0 Å². The largest absolute Gasteiger partial charge is 0.465 e. The van der Waals surface area contributed by atoms with Crippen LogP contribution in [0.15, 0.2) is 16.8 Å². The van der Waals surface area contributed by atoms with E-state index in [1.165, 1.54) is 4.90 Å². The number of carbonyl (C=O) groups is 1. The van der Waals surface area contributed by atoms with Crippen LogP contribution in [0.1, 0.15) is 75.5 Å². The summed E-state index contributed by atoms with van der Waals surface area (Å²) < 4.78 is 5.37. The lowest BCUT2D eigenvalue weighted by molar-refractivity contribution is 0.0671. The molecule has 4 rings (SSSR count). The van der Waals surface area contributed by atoms with Crippen LogP contribution in [0.5, 0.6) is 0 Å². The van der Waals surface area contributed by atoms with Gasteiger partial charge in [-0.2, -0.15) is 4.98 Å². The Labute approximate surface area is 163 Å². The van der Waals surface area contributed by atoms with Crippen molar-refractivity contribution in [3.8, 4) is 11.5 Å². The van der Waals surface area contributed by atoms with Crippen LogP contribution in [0, 0.1) is 0 Å². The first-order valence-corrected chi connectivity index (χ1v) is 9.77. The molecule has 28 heavy (non-hydrogen) atoms. The third-order valence-electron chi connectivity index (χ3n) is 5.51. The molecule has 1 saturated carbocycles. The molecule has 1 unspecified atom stereocenters. The lowest BCUT2D eigenvalue weighted by Crippen LogP contribution is -2.38. The molecule has 2 aliphatic rings. The molecule has 2 N–H and O–H groups in total. The number of nitrogens with zero attached hydrogens (tertiary/aromatic N) is 4. The minimum Gasteiger partial charge on any atom is -0.465 e. The number of pyridine rings is 1. The van der Waals surface area contributed by atoms with Crippen molar-refractivity contribution < 1.29 is 19.5 Å². The van der Waals surface area contributed by atoms with E-state index in [0.29, 0.717) is 36.3 Å². The minimum atomic E-state index is -0.989. The molecule has 2 atom stereocenters. The highest BCUT2D eigenvalue weighted by molar-refractivity contribution is 5.66. The Morgan fingerprint density at radius 3 is 2.68 bits per heavy atom. The summed E-state index contributed by atoms with van der Waals surface area (Å²) in [5.74, 6) is 1.27. The average molecular weight is 386 g/mol. The number of aromatic nitrogens is 3. The predicted octanol–water partition coefficient (Wildman–Crippen LogP) is 3.48. The third-order valence-corrected chi connectivity index (χ3v) is 5.51. The summed E-state index contributed by atoms with van der Waals surface area (Å²) in [5, 5.41) is 24.6. The Morgan fingerprint density at radius 1 is 1.32 bits per heavy atom. The molecule has 1 amide bonds. The standard InChI is InChI=1S/C20H26N4O4/c1-20(2,3)18-22-17(23-28-18)14-9-12(13(10-21-14)11-6-7-11)16(25)15-5-4-8-24(15)19(26)27/h9-11,15-16,25H,4-8H2,1-3H3,(H,26,27)/t15-,16?/m0/s1. The summed E-state index contributed by atoms with van der Waals surface area (Å²) in [7, 11) is 0. The number of rotatable bonds is 4. The second-order valence-electron chi connectivity index (χ2n) is 8.78. The Bertz CT molecular complexity index is 885. The van der Waals surface area contributed by atoms with Crippen molar-refractivity contribution in [2.75, 3.05) is 6.54 Å².